The van der Waals surface area contributed by atoms with Crippen LogP contribution in [-0.2, 0) is 26.2 Å². The number of rotatable bonds is 13. The van der Waals surface area contributed by atoms with E-state index in [1.807, 2.05) is 27.7 Å². The second kappa shape index (κ2) is 14.4. The van der Waals surface area contributed by atoms with Gasteiger partial charge in [-0.2, -0.15) is 0 Å². The van der Waals surface area contributed by atoms with E-state index in [0.29, 0.717) is 29.6 Å². The van der Waals surface area contributed by atoms with E-state index in [1.54, 1.807) is 67.6 Å². The van der Waals surface area contributed by atoms with Crippen LogP contribution in [0, 0.1) is 12.8 Å². The van der Waals surface area contributed by atoms with Crippen LogP contribution in [0.2, 0.25) is 5.02 Å². The third-order valence-electron chi connectivity index (χ3n) is 6.44. The summed E-state index contributed by atoms with van der Waals surface area (Å²) >= 11 is 6.05. The van der Waals surface area contributed by atoms with Crippen LogP contribution in [-0.4, -0.2) is 50.9 Å². The number of amides is 2. The van der Waals surface area contributed by atoms with Crippen molar-refractivity contribution in [2.24, 2.45) is 5.92 Å². The monoisotopic (exact) mass is 599 g/mol. The van der Waals surface area contributed by atoms with Gasteiger partial charge in [0.1, 0.15) is 18.3 Å². The van der Waals surface area contributed by atoms with Crippen LogP contribution in [0.5, 0.6) is 5.75 Å². The van der Waals surface area contributed by atoms with Crippen molar-refractivity contribution in [2.75, 3.05) is 24.0 Å². The number of nitrogens with one attached hydrogen (secondary N) is 1. The molecule has 0 spiro atoms. The minimum Gasteiger partial charge on any atom is -0.494 e. The van der Waals surface area contributed by atoms with Crippen molar-refractivity contribution < 1.29 is 22.7 Å². The largest absolute Gasteiger partial charge is 0.494 e. The number of halogens is 1. The highest BCUT2D eigenvalue weighted by Crippen LogP contribution is 2.26. The highest BCUT2D eigenvalue weighted by Gasteiger charge is 2.32. The van der Waals surface area contributed by atoms with Gasteiger partial charge >= 0.3 is 0 Å². The number of hydrogen-bond acceptors (Lipinski definition) is 5. The lowest BCUT2D eigenvalue weighted by Gasteiger charge is -2.32. The predicted octanol–water partition coefficient (Wildman–Crippen LogP) is 5.43. The summed E-state index contributed by atoms with van der Waals surface area (Å²) in [6, 6.07) is 19.1. The highest BCUT2D eigenvalue weighted by atomic mass is 35.5. The maximum atomic E-state index is 14.0. The van der Waals surface area contributed by atoms with Gasteiger partial charge in [-0.3, -0.25) is 13.9 Å². The molecule has 0 saturated carbocycles. The molecule has 2 amide bonds. The number of nitrogens with zero attached hydrogens (tertiary/aromatic N) is 2. The van der Waals surface area contributed by atoms with Gasteiger partial charge in [-0.05, 0) is 80.8 Å². The van der Waals surface area contributed by atoms with Crippen LogP contribution in [0.1, 0.15) is 38.8 Å². The fraction of sp³-hybridized carbons (Fsp3) is 0.355. The Balaban J connectivity index is 1.99. The third-order valence-corrected chi connectivity index (χ3v) is 8.48. The Morgan fingerprint density at radius 2 is 1.54 bits per heavy atom. The number of anilines is 1. The Morgan fingerprint density at radius 3 is 2.10 bits per heavy atom. The predicted molar refractivity (Wildman–Crippen MR) is 163 cm³/mol. The third kappa shape index (κ3) is 8.71. The van der Waals surface area contributed by atoms with E-state index in [0.717, 1.165) is 15.4 Å². The molecular weight excluding hydrogens is 562 g/mol. The standard InChI is InChI=1S/C31H38ClN3O5S/c1-6-40-28-15-17-29(18-16-28)41(38,39)35(27-13-7-23(4)8-14-27)21-30(36)34(20-25-9-11-26(32)12-10-25)24(5)31(37)33-19-22(2)3/h7-18,22,24H,6,19-21H2,1-5H3,(H,33,37)/t24-/m0/s1. The average molecular weight is 600 g/mol. The maximum Gasteiger partial charge on any atom is 0.264 e. The van der Waals surface area contributed by atoms with Gasteiger partial charge < -0.3 is 15.0 Å². The fourth-order valence-electron chi connectivity index (χ4n) is 4.06. The topological polar surface area (TPSA) is 96.0 Å². The first-order valence-corrected chi connectivity index (χ1v) is 15.4. The van der Waals surface area contributed by atoms with Gasteiger partial charge in [0.2, 0.25) is 11.8 Å². The zero-order valence-electron chi connectivity index (χ0n) is 24.1. The Morgan fingerprint density at radius 1 is 0.927 bits per heavy atom. The van der Waals surface area contributed by atoms with Gasteiger partial charge in [-0.1, -0.05) is 55.3 Å². The van der Waals surface area contributed by atoms with Crippen LogP contribution < -0.4 is 14.4 Å². The van der Waals surface area contributed by atoms with Crippen LogP contribution in [0.4, 0.5) is 5.69 Å². The van der Waals surface area contributed by atoms with Crippen LogP contribution >= 0.6 is 11.6 Å². The molecule has 0 heterocycles. The molecule has 0 aromatic heterocycles. The first-order valence-electron chi connectivity index (χ1n) is 13.6. The lowest BCUT2D eigenvalue weighted by atomic mass is 10.1. The SMILES string of the molecule is CCOc1ccc(S(=O)(=O)N(CC(=O)N(Cc2ccc(Cl)cc2)[C@@H](C)C(=O)NCC(C)C)c2ccc(C)cc2)cc1. The number of benzene rings is 3. The summed E-state index contributed by atoms with van der Waals surface area (Å²) in [5.41, 5.74) is 2.03. The van der Waals surface area contributed by atoms with Crippen molar-refractivity contribution in [3.8, 4) is 5.75 Å². The number of carbonyl (C=O) groups excluding carboxylic acids is 2. The summed E-state index contributed by atoms with van der Waals surface area (Å²) < 4.78 is 34.4. The van der Waals surface area contributed by atoms with Crippen molar-refractivity contribution in [1.29, 1.82) is 0 Å². The normalized spacial score (nSPS) is 12.1. The van der Waals surface area contributed by atoms with Crippen molar-refractivity contribution in [3.63, 3.8) is 0 Å². The molecule has 220 valence electrons. The van der Waals surface area contributed by atoms with Gasteiger partial charge in [0.15, 0.2) is 0 Å². The molecule has 8 nitrogen and oxygen atoms in total. The molecule has 41 heavy (non-hydrogen) atoms. The second-order valence-electron chi connectivity index (χ2n) is 10.2. The molecule has 0 fully saturated rings. The van der Waals surface area contributed by atoms with Crippen molar-refractivity contribution in [3.05, 3.63) is 88.9 Å². The Kier molecular flexibility index (Phi) is 11.2. The van der Waals surface area contributed by atoms with Crippen molar-refractivity contribution >= 4 is 39.1 Å². The van der Waals surface area contributed by atoms with Crippen molar-refractivity contribution in [2.45, 2.75) is 52.1 Å². The van der Waals surface area contributed by atoms with Gasteiger partial charge in [-0.25, -0.2) is 8.42 Å². The number of ether oxygens (including phenoxy) is 1. The molecule has 0 radical (unpaired) electrons. The van der Waals surface area contributed by atoms with E-state index in [1.165, 1.54) is 17.0 Å². The number of sulfonamides is 1. The minimum absolute atomic E-state index is 0.0151. The Hall–Kier alpha value is -3.56. The number of carbonyl (C=O) groups is 2. The van der Waals surface area contributed by atoms with E-state index in [2.05, 4.69) is 5.32 Å². The average Bonchev–Trinajstić information content (AvgIpc) is 2.94. The summed E-state index contributed by atoms with van der Waals surface area (Å²) in [5, 5.41) is 3.42. The molecule has 0 saturated heterocycles. The molecule has 0 bridgehead atoms. The lowest BCUT2D eigenvalue weighted by Crippen LogP contribution is -2.51. The second-order valence-corrected chi connectivity index (χ2v) is 12.5. The Bertz CT molecular complexity index is 1410. The zero-order chi connectivity index (χ0) is 30.2. The van der Waals surface area contributed by atoms with Gasteiger partial charge in [0.05, 0.1) is 17.2 Å². The smallest absolute Gasteiger partial charge is 0.264 e. The molecule has 1 N–H and O–H groups in total. The molecule has 10 heteroatoms. The molecule has 0 aliphatic carbocycles. The summed E-state index contributed by atoms with van der Waals surface area (Å²) in [6.45, 7) is 9.82. The molecule has 1 atom stereocenters. The number of aryl methyl sites for hydroxylation is 1. The van der Waals surface area contributed by atoms with Crippen molar-refractivity contribution in [1.82, 2.24) is 10.2 Å². The van der Waals surface area contributed by atoms with E-state index in [9.17, 15) is 18.0 Å². The molecule has 3 rings (SSSR count). The van der Waals surface area contributed by atoms with Gasteiger partial charge in [0.25, 0.3) is 10.0 Å². The fourth-order valence-corrected chi connectivity index (χ4v) is 5.60. The quantitative estimate of drug-likeness (QED) is 0.283. The highest BCUT2D eigenvalue weighted by molar-refractivity contribution is 7.92. The molecule has 3 aromatic carbocycles. The van der Waals surface area contributed by atoms with Crippen LogP contribution in [0.15, 0.2) is 77.7 Å². The van der Waals surface area contributed by atoms with E-state index >= 15 is 0 Å². The molecule has 0 aliphatic heterocycles. The Labute approximate surface area is 248 Å². The van der Waals surface area contributed by atoms with Gasteiger partial charge in [-0.15, -0.1) is 0 Å². The first kappa shape index (κ1) is 32.0. The molecule has 0 aliphatic rings. The molecule has 3 aromatic rings. The van der Waals surface area contributed by atoms with E-state index < -0.39 is 28.5 Å². The zero-order valence-corrected chi connectivity index (χ0v) is 25.7. The summed E-state index contributed by atoms with van der Waals surface area (Å²) in [7, 11) is -4.16. The van der Waals surface area contributed by atoms with Gasteiger partial charge in [0, 0.05) is 18.1 Å². The first-order chi connectivity index (χ1) is 19.4. The maximum absolute atomic E-state index is 14.0. The number of hydrogen-bond donors (Lipinski definition) is 1. The summed E-state index contributed by atoms with van der Waals surface area (Å²) in [4.78, 5) is 28.4. The van der Waals surface area contributed by atoms with Crippen LogP contribution in [0.3, 0.4) is 0 Å². The van der Waals surface area contributed by atoms with E-state index in [4.69, 9.17) is 16.3 Å². The minimum atomic E-state index is -4.16. The van der Waals surface area contributed by atoms with Crippen LogP contribution in [0.25, 0.3) is 0 Å². The summed E-state index contributed by atoms with van der Waals surface area (Å²) in [5.74, 6) is -0.0813. The molecule has 0 unspecified atom stereocenters. The lowest BCUT2D eigenvalue weighted by molar-refractivity contribution is -0.139. The summed E-state index contributed by atoms with van der Waals surface area (Å²) in [6.07, 6.45) is 0. The van der Waals surface area contributed by atoms with E-state index in [-0.39, 0.29) is 23.3 Å². The molecular formula is C31H38ClN3O5S.